The molecule has 110 valence electrons. The van der Waals surface area contributed by atoms with E-state index >= 15 is 0 Å². The lowest BCUT2D eigenvalue weighted by molar-refractivity contribution is 0.649. The van der Waals surface area contributed by atoms with E-state index in [0.717, 1.165) is 26.1 Å². The van der Waals surface area contributed by atoms with Crippen molar-refractivity contribution in [3.63, 3.8) is 0 Å². The van der Waals surface area contributed by atoms with Gasteiger partial charge in [0.05, 0.1) is 0 Å². The van der Waals surface area contributed by atoms with Gasteiger partial charge >= 0.3 is 0 Å². The molecule has 0 aliphatic carbocycles. The molecular weight excluding hydrogens is 260 g/mol. The standard InChI is InChI=1S/C17H22N4/c1-3-18-13-14-4-5-17-15(12-14)7-10-21(17)11-8-16-6-9-19-20(16)2/h4-7,9-10,12,18H,3,8,11,13H2,1-2H3. The molecule has 0 saturated carbocycles. The molecule has 3 aromatic rings. The smallest absolute Gasteiger partial charge is 0.0492 e. The van der Waals surface area contributed by atoms with Crippen LogP contribution >= 0.6 is 0 Å². The van der Waals surface area contributed by atoms with Gasteiger partial charge in [0, 0.05) is 50.2 Å². The maximum atomic E-state index is 4.22. The summed E-state index contributed by atoms with van der Waals surface area (Å²) in [5.74, 6) is 0. The third-order valence-electron chi connectivity index (χ3n) is 3.95. The van der Waals surface area contributed by atoms with E-state index < -0.39 is 0 Å². The number of benzene rings is 1. The van der Waals surface area contributed by atoms with Crippen LogP contribution in [0.2, 0.25) is 0 Å². The monoisotopic (exact) mass is 282 g/mol. The Morgan fingerprint density at radius 2 is 2.10 bits per heavy atom. The lowest BCUT2D eigenvalue weighted by Crippen LogP contribution is -2.11. The minimum absolute atomic E-state index is 0.937. The summed E-state index contributed by atoms with van der Waals surface area (Å²) in [5, 5.41) is 8.90. The van der Waals surface area contributed by atoms with Crippen LogP contribution in [0.5, 0.6) is 0 Å². The van der Waals surface area contributed by atoms with E-state index in [1.807, 2.05) is 17.9 Å². The summed E-state index contributed by atoms with van der Waals surface area (Å²) in [4.78, 5) is 0. The molecule has 0 aliphatic rings. The molecule has 0 aliphatic heterocycles. The quantitative estimate of drug-likeness (QED) is 0.754. The Bertz CT molecular complexity index is 723. The molecule has 0 unspecified atom stereocenters. The molecule has 4 nitrogen and oxygen atoms in total. The normalized spacial score (nSPS) is 11.3. The summed E-state index contributed by atoms with van der Waals surface area (Å²) in [6, 6.07) is 11.0. The summed E-state index contributed by atoms with van der Waals surface area (Å²) in [6.45, 7) is 5.05. The Hall–Kier alpha value is -2.07. The summed E-state index contributed by atoms with van der Waals surface area (Å²) < 4.78 is 4.26. The first kappa shape index (κ1) is 13.9. The molecule has 0 fully saturated rings. The van der Waals surface area contributed by atoms with Crippen LogP contribution in [0, 0.1) is 0 Å². The van der Waals surface area contributed by atoms with Crippen molar-refractivity contribution in [1.82, 2.24) is 19.7 Å². The molecule has 4 heteroatoms. The van der Waals surface area contributed by atoms with Gasteiger partial charge in [-0.15, -0.1) is 0 Å². The highest BCUT2D eigenvalue weighted by atomic mass is 15.3. The SMILES string of the molecule is CCNCc1ccc2c(ccn2CCc2ccnn2C)c1. The van der Waals surface area contributed by atoms with Crippen LogP contribution in [-0.4, -0.2) is 20.9 Å². The van der Waals surface area contributed by atoms with Gasteiger partial charge in [-0.1, -0.05) is 13.0 Å². The molecule has 2 aromatic heterocycles. The Morgan fingerprint density at radius 3 is 2.86 bits per heavy atom. The Kier molecular flexibility index (Phi) is 4.06. The van der Waals surface area contributed by atoms with Crippen molar-refractivity contribution >= 4 is 10.9 Å². The topological polar surface area (TPSA) is 34.8 Å². The van der Waals surface area contributed by atoms with Gasteiger partial charge in [0.25, 0.3) is 0 Å². The van der Waals surface area contributed by atoms with Crippen LogP contribution in [-0.2, 0) is 26.6 Å². The number of nitrogens with one attached hydrogen (secondary N) is 1. The number of fused-ring (bicyclic) bond motifs is 1. The molecule has 0 spiro atoms. The number of hydrogen-bond donors (Lipinski definition) is 1. The zero-order chi connectivity index (χ0) is 14.7. The molecule has 3 rings (SSSR count). The van der Waals surface area contributed by atoms with Gasteiger partial charge < -0.3 is 9.88 Å². The van der Waals surface area contributed by atoms with Gasteiger partial charge in [-0.2, -0.15) is 5.10 Å². The van der Waals surface area contributed by atoms with Gasteiger partial charge in [0.2, 0.25) is 0 Å². The minimum Gasteiger partial charge on any atom is -0.347 e. The van der Waals surface area contributed by atoms with Gasteiger partial charge in [0.15, 0.2) is 0 Å². The van der Waals surface area contributed by atoms with Crippen LogP contribution in [0.1, 0.15) is 18.2 Å². The van der Waals surface area contributed by atoms with Crippen molar-refractivity contribution in [2.24, 2.45) is 7.05 Å². The van der Waals surface area contributed by atoms with Crippen LogP contribution in [0.3, 0.4) is 0 Å². The molecule has 0 atom stereocenters. The highest BCUT2D eigenvalue weighted by Gasteiger charge is 2.04. The second-order valence-corrected chi connectivity index (χ2v) is 5.38. The number of rotatable bonds is 6. The molecule has 0 bridgehead atoms. The van der Waals surface area contributed by atoms with Crippen molar-refractivity contribution in [1.29, 1.82) is 0 Å². The molecule has 1 aromatic carbocycles. The lowest BCUT2D eigenvalue weighted by atomic mass is 10.1. The summed E-state index contributed by atoms with van der Waals surface area (Å²) in [5.41, 5.74) is 3.91. The van der Waals surface area contributed by atoms with E-state index in [1.54, 1.807) is 0 Å². The largest absolute Gasteiger partial charge is 0.347 e. The molecule has 0 radical (unpaired) electrons. The van der Waals surface area contributed by atoms with E-state index in [0.29, 0.717) is 0 Å². The average Bonchev–Trinajstić information content (AvgIpc) is 3.08. The van der Waals surface area contributed by atoms with E-state index in [2.05, 4.69) is 58.4 Å². The van der Waals surface area contributed by atoms with Crippen molar-refractivity contribution in [3.8, 4) is 0 Å². The molecule has 1 N–H and O–H groups in total. The number of nitrogens with zero attached hydrogens (tertiary/aromatic N) is 3. The number of aryl methyl sites for hydroxylation is 3. The Labute approximate surface area is 125 Å². The van der Waals surface area contributed by atoms with E-state index in [-0.39, 0.29) is 0 Å². The lowest BCUT2D eigenvalue weighted by Gasteiger charge is -2.07. The molecule has 2 heterocycles. The van der Waals surface area contributed by atoms with Gasteiger partial charge in [-0.3, -0.25) is 4.68 Å². The van der Waals surface area contributed by atoms with Crippen LogP contribution in [0.25, 0.3) is 10.9 Å². The van der Waals surface area contributed by atoms with Crippen LogP contribution < -0.4 is 5.32 Å². The average molecular weight is 282 g/mol. The fourth-order valence-corrected chi connectivity index (χ4v) is 2.71. The second-order valence-electron chi connectivity index (χ2n) is 5.38. The number of aromatic nitrogens is 3. The first-order valence-corrected chi connectivity index (χ1v) is 7.53. The predicted octanol–water partition coefficient (Wildman–Crippen LogP) is 2.73. The summed E-state index contributed by atoms with van der Waals surface area (Å²) >= 11 is 0. The third-order valence-corrected chi connectivity index (χ3v) is 3.95. The Balaban J connectivity index is 1.76. The minimum atomic E-state index is 0.937. The Morgan fingerprint density at radius 1 is 1.19 bits per heavy atom. The first-order valence-electron chi connectivity index (χ1n) is 7.53. The van der Waals surface area contributed by atoms with Gasteiger partial charge in [0.1, 0.15) is 0 Å². The molecular formula is C17H22N4. The van der Waals surface area contributed by atoms with Gasteiger partial charge in [-0.25, -0.2) is 0 Å². The van der Waals surface area contributed by atoms with E-state index in [1.165, 1.54) is 22.2 Å². The van der Waals surface area contributed by atoms with Gasteiger partial charge in [-0.05, 0) is 41.8 Å². The van der Waals surface area contributed by atoms with Crippen LogP contribution in [0.4, 0.5) is 0 Å². The predicted molar refractivity (Wildman–Crippen MR) is 86.2 cm³/mol. The van der Waals surface area contributed by atoms with Crippen molar-refractivity contribution in [2.45, 2.75) is 26.4 Å². The maximum absolute atomic E-state index is 4.22. The highest BCUT2D eigenvalue weighted by molar-refractivity contribution is 5.80. The first-order chi connectivity index (χ1) is 10.3. The fourth-order valence-electron chi connectivity index (χ4n) is 2.71. The van der Waals surface area contributed by atoms with Crippen molar-refractivity contribution in [3.05, 3.63) is 54.0 Å². The van der Waals surface area contributed by atoms with E-state index in [9.17, 15) is 0 Å². The fraction of sp³-hybridized carbons (Fsp3) is 0.353. The molecule has 0 amide bonds. The number of hydrogen-bond acceptors (Lipinski definition) is 2. The highest BCUT2D eigenvalue weighted by Crippen LogP contribution is 2.18. The second kappa shape index (κ2) is 6.14. The summed E-state index contributed by atoms with van der Waals surface area (Å²) in [7, 11) is 2.00. The van der Waals surface area contributed by atoms with E-state index in [4.69, 9.17) is 0 Å². The van der Waals surface area contributed by atoms with Crippen molar-refractivity contribution in [2.75, 3.05) is 6.54 Å². The molecule has 21 heavy (non-hydrogen) atoms. The zero-order valence-corrected chi connectivity index (χ0v) is 12.7. The molecule has 0 saturated heterocycles. The van der Waals surface area contributed by atoms with Crippen molar-refractivity contribution < 1.29 is 0 Å². The summed E-state index contributed by atoms with van der Waals surface area (Å²) in [6.07, 6.45) is 5.04. The van der Waals surface area contributed by atoms with Crippen LogP contribution in [0.15, 0.2) is 42.7 Å². The maximum Gasteiger partial charge on any atom is 0.0492 e. The third kappa shape index (κ3) is 3.00. The zero-order valence-electron chi connectivity index (χ0n) is 12.7.